The third kappa shape index (κ3) is 1.13. The van der Waals surface area contributed by atoms with Crippen molar-refractivity contribution in [3.05, 3.63) is 34.8 Å². The highest BCUT2D eigenvalue weighted by molar-refractivity contribution is 5.93. The lowest BCUT2D eigenvalue weighted by molar-refractivity contribution is -0.384. The minimum absolute atomic E-state index is 0.105. The van der Waals surface area contributed by atoms with Gasteiger partial charge in [-0.2, -0.15) is 0 Å². The number of nitro groups is 1. The van der Waals surface area contributed by atoms with E-state index in [1.165, 1.54) is 6.20 Å². The van der Waals surface area contributed by atoms with Crippen molar-refractivity contribution in [2.24, 2.45) is 0 Å². The van der Waals surface area contributed by atoms with Crippen LogP contribution >= 0.6 is 0 Å². The van der Waals surface area contributed by atoms with Gasteiger partial charge in [0.25, 0.3) is 0 Å². The number of nitrogens with zero attached hydrogens (tertiary/aromatic N) is 3. The summed E-state index contributed by atoms with van der Waals surface area (Å²) in [6.07, 6.45) is 4.17. The lowest BCUT2D eigenvalue weighted by atomic mass is 10.2. The van der Waals surface area contributed by atoms with Crippen LogP contribution in [0.5, 0.6) is 0 Å². The number of hydrogen-bond donors (Lipinski definition) is 1. The van der Waals surface area contributed by atoms with Crippen LogP contribution in [-0.4, -0.2) is 14.9 Å². The second-order valence-corrected chi connectivity index (χ2v) is 2.71. The Morgan fingerprint density at radius 3 is 2.93 bits per heavy atom. The van der Waals surface area contributed by atoms with E-state index in [9.17, 15) is 10.1 Å². The Bertz CT molecular complexity index is 512. The highest BCUT2D eigenvalue weighted by Gasteiger charge is 2.14. The molecule has 2 rings (SSSR count). The van der Waals surface area contributed by atoms with Crippen molar-refractivity contribution in [2.45, 2.75) is 0 Å². The molecule has 0 atom stereocenters. The molecule has 0 radical (unpaired) electrons. The zero-order valence-electron chi connectivity index (χ0n) is 7.04. The first-order valence-electron chi connectivity index (χ1n) is 3.82. The fourth-order valence-corrected chi connectivity index (χ4v) is 1.19. The average molecular weight is 190 g/mol. The maximum atomic E-state index is 10.5. The van der Waals surface area contributed by atoms with Crippen LogP contribution in [0.4, 0.5) is 11.4 Å². The number of hydrogen-bond acceptors (Lipinski definition) is 5. The van der Waals surface area contributed by atoms with E-state index in [0.717, 1.165) is 6.20 Å². The summed E-state index contributed by atoms with van der Waals surface area (Å²) in [5, 5.41) is 11.0. The number of pyridine rings is 2. The van der Waals surface area contributed by atoms with Gasteiger partial charge in [-0.25, -0.2) is 4.98 Å². The maximum absolute atomic E-state index is 10.5. The molecule has 2 heterocycles. The van der Waals surface area contributed by atoms with E-state index in [1.54, 1.807) is 12.3 Å². The first-order chi connectivity index (χ1) is 6.70. The van der Waals surface area contributed by atoms with E-state index in [2.05, 4.69) is 9.97 Å². The molecule has 2 N–H and O–H groups in total. The molecule has 2 aromatic heterocycles. The van der Waals surface area contributed by atoms with E-state index in [4.69, 9.17) is 5.73 Å². The zero-order valence-corrected chi connectivity index (χ0v) is 7.04. The molecule has 0 aromatic carbocycles. The van der Waals surface area contributed by atoms with Gasteiger partial charge in [0.2, 0.25) is 0 Å². The van der Waals surface area contributed by atoms with Gasteiger partial charge in [0.15, 0.2) is 0 Å². The largest absolute Gasteiger partial charge is 0.393 e. The topological polar surface area (TPSA) is 94.9 Å². The van der Waals surface area contributed by atoms with Crippen molar-refractivity contribution in [1.82, 2.24) is 9.97 Å². The average Bonchev–Trinajstić information content (AvgIpc) is 2.18. The molecule has 0 unspecified atom stereocenters. The maximum Gasteiger partial charge on any atom is 0.310 e. The fraction of sp³-hybridized carbons (Fsp3) is 0. The Kier molecular flexibility index (Phi) is 1.74. The number of fused-ring (bicyclic) bond motifs is 1. The molecule has 6 nitrogen and oxygen atoms in total. The summed E-state index contributed by atoms with van der Waals surface area (Å²) in [6, 6.07) is 1.65. The van der Waals surface area contributed by atoms with E-state index in [-0.39, 0.29) is 11.4 Å². The van der Waals surface area contributed by atoms with Crippen LogP contribution in [0.1, 0.15) is 0 Å². The van der Waals surface area contributed by atoms with Crippen molar-refractivity contribution in [1.29, 1.82) is 0 Å². The third-order valence-corrected chi connectivity index (χ3v) is 1.89. The minimum Gasteiger partial charge on any atom is -0.393 e. The Balaban J connectivity index is 2.81. The van der Waals surface area contributed by atoms with Gasteiger partial charge in [-0.05, 0) is 6.07 Å². The third-order valence-electron chi connectivity index (χ3n) is 1.89. The minimum atomic E-state index is -0.561. The van der Waals surface area contributed by atoms with E-state index in [0.29, 0.717) is 10.9 Å². The monoisotopic (exact) mass is 190 g/mol. The van der Waals surface area contributed by atoms with Crippen molar-refractivity contribution in [3.8, 4) is 0 Å². The van der Waals surface area contributed by atoms with Crippen LogP contribution < -0.4 is 5.73 Å². The molecule has 0 aliphatic rings. The summed E-state index contributed by atoms with van der Waals surface area (Å²) in [5.41, 5.74) is 6.11. The predicted molar refractivity (Wildman–Crippen MR) is 50.6 cm³/mol. The molecule has 0 spiro atoms. The normalized spacial score (nSPS) is 10.3. The molecule has 0 saturated heterocycles. The van der Waals surface area contributed by atoms with Gasteiger partial charge in [-0.1, -0.05) is 0 Å². The van der Waals surface area contributed by atoms with Gasteiger partial charge < -0.3 is 5.73 Å². The van der Waals surface area contributed by atoms with Crippen LogP contribution in [0.3, 0.4) is 0 Å². The van der Waals surface area contributed by atoms with Gasteiger partial charge in [-0.15, -0.1) is 0 Å². The zero-order chi connectivity index (χ0) is 10.1. The summed E-state index contributed by atoms with van der Waals surface area (Å²) < 4.78 is 0. The SMILES string of the molecule is Nc1c([N+](=O)[O-])cnc2ccncc12. The number of aromatic nitrogens is 2. The number of anilines is 1. The molecule has 0 fully saturated rings. The van der Waals surface area contributed by atoms with Gasteiger partial charge >= 0.3 is 5.69 Å². The van der Waals surface area contributed by atoms with Crippen LogP contribution in [0.25, 0.3) is 10.9 Å². The van der Waals surface area contributed by atoms with Gasteiger partial charge in [0, 0.05) is 17.8 Å². The number of nitrogens with two attached hydrogens (primary N) is 1. The molecule has 0 aliphatic carbocycles. The summed E-state index contributed by atoms with van der Waals surface area (Å²) in [5.74, 6) is 0. The fourth-order valence-electron chi connectivity index (χ4n) is 1.19. The van der Waals surface area contributed by atoms with E-state index < -0.39 is 4.92 Å². The Hall–Kier alpha value is -2.24. The van der Waals surface area contributed by atoms with Crippen LogP contribution in [-0.2, 0) is 0 Å². The molecule has 70 valence electrons. The van der Waals surface area contributed by atoms with E-state index >= 15 is 0 Å². The second-order valence-electron chi connectivity index (χ2n) is 2.71. The molecule has 0 amide bonds. The second kappa shape index (κ2) is 2.91. The van der Waals surface area contributed by atoms with Crippen molar-refractivity contribution >= 4 is 22.3 Å². The summed E-state index contributed by atoms with van der Waals surface area (Å²) >= 11 is 0. The molecule has 14 heavy (non-hydrogen) atoms. The molecular weight excluding hydrogens is 184 g/mol. The molecular formula is C8H6N4O2. The standard InChI is InChI=1S/C8H6N4O2/c9-8-5-3-10-2-1-6(5)11-4-7(8)12(13)14/h1-4H,(H2,9,11). The molecule has 0 bridgehead atoms. The quantitative estimate of drug-likeness (QED) is 0.537. The highest BCUT2D eigenvalue weighted by Crippen LogP contribution is 2.27. The van der Waals surface area contributed by atoms with Crippen LogP contribution in [0.15, 0.2) is 24.7 Å². The first-order valence-corrected chi connectivity index (χ1v) is 3.82. The summed E-state index contributed by atoms with van der Waals surface area (Å²) in [7, 11) is 0. The van der Waals surface area contributed by atoms with Gasteiger partial charge in [-0.3, -0.25) is 15.1 Å². The Morgan fingerprint density at radius 2 is 2.21 bits per heavy atom. The van der Waals surface area contributed by atoms with Crippen molar-refractivity contribution in [2.75, 3.05) is 5.73 Å². The summed E-state index contributed by atoms with van der Waals surface area (Å²) in [6.45, 7) is 0. The Morgan fingerprint density at radius 1 is 1.43 bits per heavy atom. The van der Waals surface area contributed by atoms with Crippen molar-refractivity contribution < 1.29 is 4.92 Å². The van der Waals surface area contributed by atoms with Gasteiger partial charge in [0.1, 0.15) is 11.9 Å². The predicted octanol–water partition coefficient (Wildman–Crippen LogP) is 1.12. The summed E-state index contributed by atoms with van der Waals surface area (Å²) in [4.78, 5) is 17.7. The first kappa shape index (κ1) is 8.36. The van der Waals surface area contributed by atoms with Crippen LogP contribution in [0, 0.1) is 10.1 Å². The Labute approximate surface area is 78.5 Å². The van der Waals surface area contributed by atoms with E-state index in [1.807, 2.05) is 0 Å². The van der Waals surface area contributed by atoms with Crippen molar-refractivity contribution in [3.63, 3.8) is 0 Å². The number of rotatable bonds is 1. The van der Waals surface area contributed by atoms with Gasteiger partial charge in [0.05, 0.1) is 10.4 Å². The smallest absolute Gasteiger partial charge is 0.310 e. The lowest BCUT2D eigenvalue weighted by Gasteiger charge is -2.00. The molecule has 6 heteroatoms. The molecule has 0 saturated carbocycles. The number of nitrogen functional groups attached to an aromatic ring is 1. The highest BCUT2D eigenvalue weighted by atomic mass is 16.6. The van der Waals surface area contributed by atoms with Crippen LogP contribution in [0.2, 0.25) is 0 Å². The molecule has 0 aliphatic heterocycles. The molecule has 2 aromatic rings. The lowest BCUT2D eigenvalue weighted by Crippen LogP contribution is -1.98.